The number of hydrogen-bond acceptors (Lipinski definition) is 6. The Bertz CT molecular complexity index is 2660. The molecule has 0 spiro atoms. The van der Waals surface area contributed by atoms with Crippen molar-refractivity contribution in [2.75, 3.05) is 7.11 Å². The van der Waals surface area contributed by atoms with E-state index in [9.17, 15) is 5.11 Å². The van der Waals surface area contributed by atoms with Crippen LogP contribution < -0.4 is 9.47 Å². The van der Waals surface area contributed by atoms with Crippen LogP contribution in [0.1, 0.15) is 53.5 Å². The number of nitrogens with zero attached hydrogens (tertiary/aromatic N) is 2. The third-order valence-electron chi connectivity index (χ3n) is 9.11. The zero-order valence-corrected chi connectivity index (χ0v) is 45.2. The average Bonchev–Trinajstić information content (AvgIpc) is 3.30. The molecule has 8 rings (SSSR count). The number of aromatic hydroxyl groups is 1. The zero-order chi connectivity index (χ0) is 45.3. The SMILES string of the molecule is Brc1ccc(I)c(CC2=NC(c3ccccc3)Oc3cc(Br)ccc32)c1.CC.COc1ccc(N=Cc2ccccc2)cc1.N=C(Cc1cc(Br)ccc1I)c1ccc(Br)cc1O. The highest BCUT2D eigenvalue weighted by molar-refractivity contribution is 14.1. The highest BCUT2D eigenvalue weighted by Gasteiger charge is 2.24. The molecule has 1 unspecified atom stereocenters. The van der Waals surface area contributed by atoms with Gasteiger partial charge in [0.25, 0.3) is 0 Å². The van der Waals surface area contributed by atoms with Crippen molar-refractivity contribution in [3.05, 3.63) is 216 Å². The number of nitrogens with one attached hydrogen (secondary N) is 1. The summed E-state index contributed by atoms with van der Waals surface area (Å²) in [5.41, 5.74) is 8.46. The molecule has 12 heteroatoms. The van der Waals surface area contributed by atoms with Gasteiger partial charge in [0.05, 0.1) is 18.5 Å². The summed E-state index contributed by atoms with van der Waals surface area (Å²) >= 11 is 18.5. The minimum absolute atomic E-state index is 0.129. The van der Waals surface area contributed by atoms with Gasteiger partial charge in [0.1, 0.15) is 17.2 Å². The van der Waals surface area contributed by atoms with Crippen LogP contribution in [0.25, 0.3) is 0 Å². The molecule has 0 saturated heterocycles. The zero-order valence-electron chi connectivity index (χ0n) is 34.5. The Kier molecular flexibility index (Phi) is 20.6. The van der Waals surface area contributed by atoms with Crippen molar-refractivity contribution in [3.8, 4) is 17.2 Å². The molecule has 0 aliphatic carbocycles. The summed E-state index contributed by atoms with van der Waals surface area (Å²) in [5.74, 6) is 1.84. The van der Waals surface area contributed by atoms with Gasteiger partial charge in [-0.15, -0.1) is 0 Å². The Morgan fingerprint density at radius 2 is 1.27 bits per heavy atom. The summed E-state index contributed by atoms with van der Waals surface area (Å²) in [5, 5.41) is 18.0. The molecule has 1 heterocycles. The molecular weight excluding hydrogens is 1280 g/mol. The first-order valence-electron chi connectivity index (χ1n) is 19.7. The first-order valence-corrected chi connectivity index (χ1v) is 25.0. The second-order valence-corrected chi connectivity index (χ2v) is 19.4. The maximum Gasteiger partial charge on any atom is 0.216 e. The van der Waals surface area contributed by atoms with E-state index in [0.717, 1.165) is 73.0 Å². The van der Waals surface area contributed by atoms with Gasteiger partial charge in [-0.3, -0.25) is 4.99 Å². The number of hydrogen-bond donors (Lipinski definition) is 2. The molecule has 1 aliphatic rings. The van der Waals surface area contributed by atoms with Crippen molar-refractivity contribution in [1.82, 2.24) is 0 Å². The Morgan fingerprint density at radius 1 is 0.714 bits per heavy atom. The van der Waals surface area contributed by atoms with E-state index in [1.165, 1.54) is 9.13 Å². The van der Waals surface area contributed by atoms with E-state index < -0.39 is 0 Å². The minimum Gasteiger partial charge on any atom is -0.507 e. The summed E-state index contributed by atoms with van der Waals surface area (Å²) in [6.07, 6.45) is 2.78. The van der Waals surface area contributed by atoms with Gasteiger partial charge in [0.2, 0.25) is 6.23 Å². The van der Waals surface area contributed by atoms with Gasteiger partial charge < -0.3 is 20.0 Å². The summed E-state index contributed by atoms with van der Waals surface area (Å²) in [4.78, 5) is 9.32. The number of phenolic OH excluding ortho intramolecular Hbond substituents is 1. The molecular formula is C51H43Br4I2N3O3. The van der Waals surface area contributed by atoms with Crippen LogP contribution in [0.3, 0.4) is 0 Å². The van der Waals surface area contributed by atoms with Gasteiger partial charge in [-0.05, 0) is 159 Å². The molecule has 1 aliphatic heterocycles. The molecule has 63 heavy (non-hydrogen) atoms. The minimum atomic E-state index is -0.321. The van der Waals surface area contributed by atoms with E-state index in [4.69, 9.17) is 19.9 Å². The lowest BCUT2D eigenvalue weighted by molar-refractivity contribution is 0.210. The van der Waals surface area contributed by atoms with E-state index in [2.05, 4.69) is 150 Å². The Morgan fingerprint density at radius 3 is 1.90 bits per heavy atom. The maximum atomic E-state index is 9.88. The molecule has 0 fully saturated rings. The van der Waals surface area contributed by atoms with Crippen molar-refractivity contribution in [2.45, 2.75) is 32.9 Å². The fourth-order valence-corrected chi connectivity index (χ4v) is 8.59. The normalized spacial score (nSPS) is 12.5. The van der Waals surface area contributed by atoms with E-state index in [1.807, 2.05) is 129 Å². The van der Waals surface area contributed by atoms with Gasteiger partial charge in [-0.1, -0.05) is 138 Å². The van der Waals surface area contributed by atoms with Crippen LogP contribution in [-0.2, 0) is 12.8 Å². The summed E-state index contributed by atoms with van der Waals surface area (Å²) in [7, 11) is 1.66. The number of methoxy groups -OCH3 is 1. The molecule has 0 bridgehead atoms. The summed E-state index contributed by atoms with van der Waals surface area (Å²) in [6.45, 7) is 4.00. The Labute approximate surface area is 431 Å². The predicted molar refractivity (Wildman–Crippen MR) is 292 cm³/mol. The van der Waals surface area contributed by atoms with E-state index in [1.54, 1.807) is 19.2 Å². The van der Waals surface area contributed by atoms with Gasteiger partial charge in [-0.2, -0.15) is 0 Å². The van der Waals surface area contributed by atoms with Crippen LogP contribution in [0, 0.1) is 12.5 Å². The lowest BCUT2D eigenvalue weighted by Crippen LogP contribution is -2.19. The molecule has 7 aromatic rings. The van der Waals surface area contributed by atoms with Crippen LogP contribution in [-0.4, -0.2) is 29.9 Å². The lowest BCUT2D eigenvalue weighted by Gasteiger charge is -2.25. The number of fused-ring (bicyclic) bond motifs is 1. The molecule has 0 radical (unpaired) electrons. The summed E-state index contributed by atoms with van der Waals surface area (Å²) in [6, 6.07) is 51.5. The molecule has 2 N–H and O–H groups in total. The molecule has 0 aromatic heterocycles. The Hall–Kier alpha value is -3.67. The van der Waals surface area contributed by atoms with E-state index in [0.29, 0.717) is 17.7 Å². The first-order chi connectivity index (χ1) is 30.4. The first kappa shape index (κ1) is 50.3. The monoisotopic (exact) mass is 1310 g/mol. The third kappa shape index (κ3) is 15.5. The van der Waals surface area contributed by atoms with Crippen molar-refractivity contribution in [2.24, 2.45) is 9.98 Å². The molecule has 322 valence electrons. The highest BCUT2D eigenvalue weighted by Crippen LogP contribution is 2.36. The maximum absolute atomic E-state index is 9.88. The van der Waals surface area contributed by atoms with Crippen LogP contribution >= 0.6 is 109 Å². The van der Waals surface area contributed by atoms with Crippen molar-refractivity contribution in [1.29, 1.82) is 5.41 Å². The standard InChI is InChI=1S/C21H14Br2INO.C14H10Br2INO.C14H13NO.C2H6/c22-15-7-9-18(24)14(10-15)11-19-17-8-6-16(23)12-20(17)26-21(25-19)13-4-2-1-3-5-13;15-9-2-4-12(17)8(5-9)6-13(18)11-3-1-10(16)7-14(11)19;1-16-14-9-7-13(8-10-14)15-11-12-5-3-2-4-6-12;1-2/h1-10,12,21H,11H2;1-5,7,18-19H,6H2;2-11H,1H3;1-2H3. The number of ether oxygens (including phenoxy) is 2. The molecule has 0 saturated carbocycles. The van der Waals surface area contributed by atoms with Crippen LogP contribution in [0.5, 0.6) is 17.2 Å². The molecule has 6 nitrogen and oxygen atoms in total. The van der Waals surface area contributed by atoms with Gasteiger partial charge in [0, 0.05) is 66.5 Å². The average molecular weight is 1320 g/mol. The number of aliphatic imine (C=N–C) groups is 2. The van der Waals surface area contributed by atoms with Crippen molar-refractivity contribution < 1.29 is 14.6 Å². The Balaban J connectivity index is 0.000000181. The smallest absolute Gasteiger partial charge is 0.216 e. The van der Waals surface area contributed by atoms with E-state index in [-0.39, 0.29) is 12.0 Å². The van der Waals surface area contributed by atoms with Gasteiger partial charge in [0.15, 0.2) is 0 Å². The molecule has 1 atom stereocenters. The largest absolute Gasteiger partial charge is 0.507 e. The molecule has 7 aromatic carbocycles. The van der Waals surface area contributed by atoms with Gasteiger partial charge in [-0.25, -0.2) is 4.99 Å². The fourth-order valence-electron chi connectivity index (χ4n) is 6.03. The van der Waals surface area contributed by atoms with E-state index >= 15 is 0 Å². The van der Waals surface area contributed by atoms with Crippen LogP contribution in [0.4, 0.5) is 5.69 Å². The second kappa shape index (κ2) is 25.7. The van der Waals surface area contributed by atoms with Crippen molar-refractivity contribution in [3.63, 3.8) is 0 Å². The fraction of sp³-hybridized carbons (Fsp3) is 0.118. The third-order valence-corrected chi connectivity index (χ3v) is 13.2. The highest BCUT2D eigenvalue weighted by atomic mass is 127. The van der Waals surface area contributed by atoms with Crippen molar-refractivity contribution >= 4 is 132 Å². The number of rotatable bonds is 9. The quantitative estimate of drug-likeness (QED) is 0.112. The topological polar surface area (TPSA) is 87.3 Å². The van der Waals surface area contributed by atoms with Crippen LogP contribution in [0.2, 0.25) is 0 Å². The molecule has 0 amide bonds. The predicted octanol–water partition coefficient (Wildman–Crippen LogP) is 16.5. The number of phenols is 1. The van der Waals surface area contributed by atoms with Gasteiger partial charge >= 0.3 is 0 Å². The number of halogens is 6. The lowest BCUT2D eigenvalue weighted by atomic mass is 9.99. The van der Waals surface area contributed by atoms with Crippen LogP contribution in [0.15, 0.2) is 186 Å². The number of benzene rings is 7. The second-order valence-electron chi connectivity index (χ2n) is 13.4. The summed E-state index contributed by atoms with van der Waals surface area (Å²) < 4.78 is 17.5.